The SMILES string of the molecule is Cc1ccccc1CNS(=O)(=O)c1cccc(C(=O)N2CCN(C)CC2)c1. The molecule has 1 saturated heterocycles. The molecule has 0 unspecified atom stereocenters. The van der Waals surface area contributed by atoms with Gasteiger partial charge in [0.2, 0.25) is 10.0 Å². The fourth-order valence-electron chi connectivity index (χ4n) is 3.05. The first-order chi connectivity index (χ1) is 12.9. The molecule has 27 heavy (non-hydrogen) atoms. The third-order valence-corrected chi connectivity index (χ3v) is 6.29. The number of sulfonamides is 1. The molecule has 0 atom stereocenters. The Morgan fingerprint density at radius 3 is 2.44 bits per heavy atom. The van der Waals surface area contributed by atoms with Gasteiger partial charge in [-0.2, -0.15) is 0 Å². The van der Waals surface area contributed by atoms with Crippen LogP contribution in [0, 0.1) is 6.92 Å². The van der Waals surface area contributed by atoms with Gasteiger partial charge in [0.1, 0.15) is 0 Å². The summed E-state index contributed by atoms with van der Waals surface area (Å²) >= 11 is 0. The first kappa shape index (κ1) is 19.5. The van der Waals surface area contributed by atoms with Gasteiger partial charge in [0.25, 0.3) is 5.91 Å². The van der Waals surface area contributed by atoms with Crippen LogP contribution in [0.15, 0.2) is 53.4 Å². The quantitative estimate of drug-likeness (QED) is 0.850. The zero-order valence-corrected chi connectivity index (χ0v) is 16.5. The molecule has 1 N–H and O–H groups in total. The summed E-state index contributed by atoms with van der Waals surface area (Å²) in [5, 5.41) is 0. The van der Waals surface area contributed by atoms with Crippen LogP contribution in [-0.2, 0) is 16.6 Å². The van der Waals surface area contributed by atoms with Crippen LogP contribution >= 0.6 is 0 Å². The summed E-state index contributed by atoms with van der Waals surface area (Å²) in [6, 6.07) is 13.9. The Bertz CT molecular complexity index is 920. The van der Waals surface area contributed by atoms with Crippen molar-refractivity contribution in [2.75, 3.05) is 33.2 Å². The molecule has 7 heteroatoms. The molecule has 3 rings (SSSR count). The van der Waals surface area contributed by atoms with Crippen LogP contribution in [0.4, 0.5) is 0 Å². The van der Waals surface area contributed by atoms with E-state index >= 15 is 0 Å². The molecule has 144 valence electrons. The number of piperazine rings is 1. The fraction of sp³-hybridized carbons (Fsp3) is 0.350. The lowest BCUT2D eigenvalue weighted by molar-refractivity contribution is 0.0664. The monoisotopic (exact) mass is 387 g/mol. The van der Waals surface area contributed by atoms with Gasteiger partial charge in [-0.25, -0.2) is 13.1 Å². The molecular formula is C20H25N3O3S. The number of hydrogen-bond acceptors (Lipinski definition) is 4. The minimum absolute atomic E-state index is 0.107. The molecule has 1 fully saturated rings. The number of hydrogen-bond donors (Lipinski definition) is 1. The van der Waals surface area contributed by atoms with E-state index in [0.29, 0.717) is 18.7 Å². The number of nitrogens with zero attached hydrogens (tertiary/aromatic N) is 2. The lowest BCUT2D eigenvalue weighted by Crippen LogP contribution is -2.47. The lowest BCUT2D eigenvalue weighted by Gasteiger charge is -2.32. The maximum Gasteiger partial charge on any atom is 0.253 e. The molecule has 0 spiro atoms. The summed E-state index contributed by atoms with van der Waals surface area (Å²) in [6.45, 7) is 5.10. The first-order valence-electron chi connectivity index (χ1n) is 8.99. The second-order valence-corrected chi connectivity index (χ2v) is 8.64. The van der Waals surface area contributed by atoms with Crippen molar-refractivity contribution in [2.24, 2.45) is 0 Å². The van der Waals surface area contributed by atoms with Gasteiger partial charge in [-0.05, 0) is 43.3 Å². The van der Waals surface area contributed by atoms with Crippen molar-refractivity contribution in [3.8, 4) is 0 Å². The van der Waals surface area contributed by atoms with Crippen LogP contribution in [0.1, 0.15) is 21.5 Å². The van der Waals surface area contributed by atoms with Gasteiger partial charge in [-0.3, -0.25) is 4.79 Å². The van der Waals surface area contributed by atoms with E-state index < -0.39 is 10.0 Å². The van der Waals surface area contributed by atoms with Crippen LogP contribution in [0.2, 0.25) is 0 Å². The molecule has 2 aromatic carbocycles. The van der Waals surface area contributed by atoms with E-state index in [9.17, 15) is 13.2 Å². The minimum Gasteiger partial charge on any atom is -0.336 e. The highest BCUT2D eigenvalue weighted by Gasteiger charge is 2.22. The standard InChI is InChI=1S/C20H25N3O3S/c1-16-6-3-4-7-18(16)15-21-27(25,26)19-9-5-8-17(14-19)20(24)23-12-10-22(2)11-13-23/h3-9,14,21H,10-13,15H2,1-2H3. The summed E-state index contributed by atoms with van der Waals surface area (Å²) in [5.74, 6) is -0.126. The molecule has 0 aromatic heterocycles. The van der Waals surface area contributed by atoms with Gasteiger partial charge in [0, 0.05) is 38.3 Å². The predicted octanol–water partition coefficient (Wildman–Crippen LogP) is 1.86. The number of likely N-dealkylation sites (N-methyl/N-ethyl adjacent to an activating group) is 1. The van der Waals surface area contributed by atoms with E-state index in [-0.39, 0.29) is 17.3 Å². The van der Waals surface area contributed by atoms with Crippen LogP contribution in [0.25, 0.3) is 0 Å². The number of rotatable bonds is 5. The molecule has 0 saturated carbocycles. The van der Waals surface area contributed by atoms with Crippen LogP contribution in [-0.4, -0.2) is 57.4 Å². The normalized spacial score (nSPS) is 15.7. The predicted molar refractivity (Wildman–Crippen MR) is 105 cm³/mol. The van der Waals surface area contributed by atoms with Crippen LogP contribution in [0.5, 0.6) is 0 Å². The Balaban J connectivity index is 1.74. The Labute approximate surface area is 160 Å². The van der Waals surface area contributed by atoms with Crippen LogP contribution in [0.3, 0.4) is 0 Å². The van der Waals surface area contributed by atoms with E-state index in [2.05, 4.69) is 9.62 Å². The van der Waals surface area contributed by atoms with Gasteiger partial charge < -0.3 is 9.80 Å². The van der Waals surface area contributed by atoms with Gasteiger partial charge >= 0.3 is 0 Å². The highest BCUT2D eigenvalue weighted by molar-refractivity contribution is 7.89. The Kier molecular flexibility index (Phi) is 5.94. The van der Waals surface area contributed by atoms with Crippen molar-refractivity contribution in [1.29, 1.82) is 0 Å². The second kappa shape index (κ2) is 8.21. The number of carbonyl (C=O) groups excluding carboxylic acids is 1. The molecule has 2 aromatic rings. The average Bonchev–Trinajstić information content (AvgIpc) is 2.67. The van der Waals surface area contributed by atoms with Crippen molar-refractivity contribution in [2.45, 2.75) is 18.4 Å². The summed E-state index contributed by atoms with van der Waals surface area (Å²) in [7, 11) is -1.68. The highest BCUT2D eigenvalue weighted by atomic mass is 32.2. The number of benzene rings is 2. The number of amides is 1. The topological polar surface area (TPSA) is 69.7 Å². The van der Waals surface area contributed by atoms with Gasteiger partial charge in [0.05, 0.1) is 4.90 Å². The first-order valence-corrected chi connectivity index (χ1v) is 10.5. The zero-order chi connectivity index (χ0) is 19.4. The van der Waals surface area contributed by atoms with Crippen molar-refractivity contribution in [1.82, 2.24) is 14.5 Å². The number of nitrogens with one attached hydrogen (secondary N) is 1. The Hall–Kier alpha value is -2.22. The van der Waals surface area contributed by atoms with Crippen molar-refractivity contribution in [3.63, 3.8) is 0 Å². The van der Waals surface area contributed by atoms with Crippen LogP contribution < -0.4 is 4.72 Å². The fourth-order valence-corrected chi connectivity index (χ4v) is 4.10. The Morgan fingerprint density at radius 1 is 1.04 bits per heavy atom. The highest BCUT2D eigenvalue weighted by Crippen LogP contribution is 2.15. The minimum atomic E-state index is -3.70. The third kappa shape index (κ3) is 4.74. The lowest BCUT2D eigenvalue weighted by atomic mass is 10.1. The van der Waals surface area contributed by atoms with E-state index in [1.165, 1.54) is 12.1 Å². The largest absolute Gasteiger partial charge is 0.336 e. The maximum atomic E-state index is 12.7. The van der Waals surface area contributed by atoms with Crippen molar-refractivity contribution >= 4 is 15.9 Å². The van der Waals surface area contributed by atoms with Gasteiger partial charge in [0.15, 0.2) is 0 Å². The molecule has 6 nitrogen and oxygen atoms in total. The van der Waals surface area contributed by atoms with E-state index in [0.717, 1.165) is 24.2 Å². The maximum absolute atomic E-state index is 12.7. The average molecular weight is 388 g/mol. The Morgan fingerprint density at radius 2 is 1.74 bits per heavy atom. The molecular weight excluding hydrogens is 362 g/mol. The van der Waals surface area contributed by atoms with E-state index in [1.807, 2.05) is 38.2 Å². The van der Waals surface area contributed by atoms with Gasteiger partial charge in [-0.1, -0.05) is 30.3 Å². The third-order valence-electron chi connectivity index (χ3n) is 4.90. The molecule has 0 aliphatic carbocycles. The zero-order valence-electron chi connectivity index (χ0n) is 15.7. The molecule has 0 bridgehead atoms. The smallest absolute Gasteiger partial charge is 0.253 e. The second-order valence-electron chi connectivity index (χ2n) is 6.87. The summed E-state index contributed by atoms with van der Waals surface area (Å²) in [5.41, 5.74) is 2.35. The molecule has 0 radical (unpaired) electrons. The molecule has 1 heterocycles. The molecule has 1 aliphatic rings. The number of aryl methyl sites for hydroxylation is 1. The molecule has 1 aliphatic heterocycles. The van der Waals surface area contributed by atoms with Crippen molar-refractivity contribution < 1.29 is 13.2 Å². The number of carbonyl (C=O) groups is 1. The van der Waals surface area contributed by atoms with E-state index in [1.54, 1.807) is 17.0 Å². The van der Waals surface area contributed by atoms with Crippen molar-refractivity contribution in [3.05, 3.63) is 65.2 Å². The summed E-state index contributed by atoms with van der Waals surface area (Å²) in [6.07, 6.45) is 0. The summed E-state index contributed by atoms with van der Waals surface area (Å²) < 4.78 is 28.0. The summed E-state index contributed by atoms with van der Waals surface area (Å²) in [4.78, 5) is 16.7. The van der Waals surface area contributed by atoms with E-state index in [4.69, 9.17) is 0 Å². The molecule has 1 amide bonds. The van der Waals surface area contributed by atoms with Gasteiger partial charge in [-0.15, -0.1) is 0 Å².